The normalized spacial score (nSPS) is 20.7. The highest BCUT2D eigenvalue weighted by atomic mass is 32.2. The minimum absolute atomic E-state index is 0.249. The molecule has 5 heteroatoms. The van der Waals surface area contributed by atoms with Crippen LogP contribution in [0.5, 0.6) is 0 Å². The van der Waals surface area contributed by atoms with E-state index in [0.717, 1.165) is 22.4 Å². The molecule has 24 heavy (non-hydrogen) atoms. The highest BCUT2D eigenvalue weighted by Crippen LogP contribution is 2.32. The van der Waals surface area contributed by atoms with Crippen molar-refractivity contribution in [1.82, 2.24) is 4.72 Å². The Balaban J connectivity index is 1.72. The van der Waals surface area contributed by atoms with Crippen molar-refractivity contribution in [2.24, 2.45) is 5.92 Å². The molecule has 0 aromatic heterocycles. The van der Waals surface area contributed by atoms with Gasteiger partial charge in [0.25, 0.3) is 0 Å². The van der Waals surface area contributed by atoms with Gasteiger partial charge in [-0.1, -0.05) is 48.5 Å². The first kappa shape index (κ1) is 16.5. The molecule has 0 saturated heterocycles. The van der Waals surface area contributed by atoms with E-state index in [4.69, 9.17) is 0 Å². The molecule has 1 aliphatic carbocycles. The van der Waals surface area contributed by atoms with E-state index in [1.54, 1.807) is 0 Å². The Bertz CT molecular complexity index is 746. The molecule has 122 valence electrons. The fourth-order valence-electron chi connectivity index (χ4n) is 2.88. The lowest BCUT2D eigenvalue weighted by molar-refractivity contribution is -0.143. The number of amides is 1. The summed E-state index contributed by atoms with van der Waals surface area (Å²) in [5.74, 6) is -2.72. The lowest BCUT2D eigenvalue weighted by Gasteiger charge is -2.26. The number of hydrogen-bond acceptors (Lipinski definition) is 4. The summed E-state index contributed by atoms with van der Waals surface area (Å²) in [7, 11) is 0. The van der Waals surface area contributed by atoms with Crippen LogP contribution in [0.1, 0.15) is 24.3 Å². The minimum atomic E-state index is -1.21. The predicted molar refractivity (Wildman–Crippen MR) is 92.4 cm³/mol. The zero-order valence-corrected chi connectivity index (χ0v) is 13.8. The van der Waals surface area contributed by atoms with Gasteiger partial charge in [0, 0.05) is 17.2 Å². The van der Waals surface area contributed by atoms with Crippen LogP contribution in [0, 0.1) is 5.92 Å². The van der Waals surface area contributed by atoms with Gasteiger partial charge in [0.05, 0.1) is 0 Å². The molecule has 2 atom stereocenters. The first-order valence-corrected chi connectivity index (χ1v) is 8.61. The largest absolute Gasteiger partial charge is 0.298 e. The van der Waals surface area contributed by atoms with Crippen molar-refractivity contribution in [3.63, 3.8) is 0 Å². The molecule has 1 amide bonds. The van der Waals surface area contributed by atoms with Crippen LogP contribution in [0.25, 0.3) is 0 Å². The number of hydrogen-bond donors (Lipinski definition) is 1. The molecular formula is C19H17NO3S. The van der Waals surface area contributed by atoms with E-state index >= 15 is 0 Å². The number of ketones is 2. The van der Waals surface area contributed by atoms with Crippen molar-refractivity contribution < 1.29 is 14.4 Å². The number of nitrogens with one attached hydrogen (secondary N) is 1. The van der Waals surface area contributed by atoms with E-state index in [1.807, 2.05) is 60.7 Å². The number of carbonyl (C=O) groups excluding carboxylic acids is 3. The molecule has 1 fully saturated rings. The van der Waals surface area contributed by atoms with E-state index in [-0.39, 0.29) is 23.9 Å². The molecule has 3 rings (SSSR count). The number of rotatable bonds is 4. The van der Waals surface area contributed by atoms with E-state index in [2.05, 4.69) is 4.72 Å². The lowest BCUT2D eigenvalue weighted by Crippen LogP contribution is -2.43. The maximum absolute atomic E-state index is 12.7. The monoisotopic (exact) mass is 339 g/mol. The Morgan fingerprint density at radius 3 is 2.25 bits per heavy atom. The zero-order chi connectivity index (χ0) is 16.9. The third kappa shape index (κ3) is 3.57. The van der Waals surface area contributed by atoms with Crippen LogP contribution < -0.4 is 4.72 Å². The van der Waals surface area contributed by atoms with Gasteiger partial charge < -0.3 is 0 Å². The number of Topliss-reactive ketones (excluding diaryl/α,β-unsaturated/α-hetero) is 2. The van der Waals surface area contributed by atoms with Crippen LogP contribution in [0.2, 0.25) is 0 Å². The Morgan fingerprint density at radius 1 is 0.958 bits per heavy atom. The van der Waals surface area contributed by atoms with Crippen LogP contribution in [0.15, 0.2) is 65.6 Å². The number of benzene rings is 2. The molecule has 2 unspecified atom stereocenters. The van der Waals surface area contributed by atoms with Gasteiger partial charge >= 0.3 is 0 Å². The van der Waals surface area contributed by atoms with Crippen LogP contribution >= 0.6 is 11.9 Å². The SMILES string of the molecule is O=C1CCC(c2ccccc2)C(=O)C1C(=O)NSc1ccccc1. The van der Waals surface area contributed by atoms with Crippen molar-refractivity contribution in [3.05, 3.63) is 66.2 Å². The zero-order valence-electron chi connectivity index (χ0n) is 13.0. The predicted octanol–water partition coefficient (Wildman–Crippen LogP) is 3.14. The summed E-state index contributed by atoms with van der Waals surface area (Å²) >= 11 is 1.12. The Kier molecular flexibility index (Phi) is 5.11. The maximum Gasteiger partial charge on any atom is 0.248 e. The molecule has 0 aliphatic heterocycles. The maximum atomic E-state index is 12.7. The third-order valence-corrected chi connectivity index (χ3v) is 4.92. The van der Waals surface area contributed by atoms with Gasteiger partial charge in [-0.15, -0.1) is 0 Å². The van der Waals surface area contributed by atoms with Crippen molar-refractivity contribution in [2.45, 2.75) is 23.7 Å². The molecule has 2 aromatic carbocycles. The summed E-state index contributed by atoms with van der Waals surface area (Å²) in [6, 6.07) is 18.6. The summed E-state index contributed by atoms with van der Waals surface area (Å²) in [4.78, 5) is 38.1. The van der Waals surface area contributed by atoms with E-state index in [1.165, 1.54) is 0 Å². The second-order valence-corrected chi connectivity index (χ2v) is 6.56. The Labute approximate surface area is 144 Å². The van der Waals surface area contributed by atoms with Crippen LogP contribution in [0.4, 0.5) is 0 Å². The van der Waals surface area contributed by atoms with Crippen molar-refractivity contribution in [3.8, 4) is 0 Å². The summed E-state index contributed by atoms with van der Waals surface area (Å²) in [6.07, 6.45) is 0.719. The van der Waals surface area contributed by atoms with Crippen molar-refractivity contribution in [2.75, 3.05) is 0 Å². The smallest absolute Gasteiger partial charge is 0.248 e. The second-order valence-electron chi connectivity index (χ2n) is 5.69. The van der Waals surface area contributed by atoms with Gasteiger partial charge in [0.1, 0.15) is 0 Å². The summed E-state index contributed by atoms with van der Waals surface area (Å²) < 4.78 is 2.64. The molecule has 2 aromatic rings. The third-order valence-electron chi connectivity index (χ3n) is 4.11. The molecule has 1 N–H and O–H groups in total. The lowest BCUT2D eigenvalue weighted by atomic mass is 9.76. The Morgan fingerprint density at radius 2 is 1.58 bits per heavy atom. The molecule has 1 aliphatic rings. The summed E-state index contributed by atoms with van der Waals surface area (Å²) in [5.41, 5.74) is 0.864. The van der Waals surface area contributed by atoms with Crippen LogP contribution in [-0.4, -0.2) is 17.5 Å². The van der Waals surface area contributed by atoms with Crippen molar-refractivity contribution in [1.29, 1.82) is 0 Å². The van der Waals surface area contributed by atoms with Gasteiger partial charge in [0.15, 0.2) is 17.5 Å². The molecule has 4 nitrogen and oxygen atoms in total. The fourth-order valence-corrected chi connectivity index (χ4v) is 3.51. The van der Waals surface area contributed by atoms with Crippen molar-refractivity contribution >= 4 is 29.4 Å². The average Bonchev–Trinajstić information content (AvgIpc) is 2.62. The standard InChI is InChI=1S/C19H17NO3S/c21-16-12-11-15(13-7-3-1-4-8-13)18(22)17(16)19(23)20-24-14-9-5-2-6-10-14/h1-10,15,17H,11-12H2,(H,20,23). The molecule has 1 saturated carbocycles. The first-order valence-electron chi connectivity index (χ1n) is 7.80. The molecule has 0 spiro atoms. The van der Waals surface area contributed by atoms with E-state index in [0.29, 0.717) is 6.42 Å². The first-order chi connectivity index (χ1) is 11.7. The van der Waals surface area contributed by atoms with Gasteiger partial charge in [-0.05, 0) is 36.1 Å². The number of carbonyl (C=O) groups is 3. The highest BCUT2D eigenvalue weighted by Gasteiger charge is 2.42. The van der Waals surface area contributed by atoms with E-state index in [9.17, 15) is 14.4 Å². The summed E-state index contributed by atoms with van der Waals surface area (Å²) in [5, 5.41) is 0. The average molecular weight is 339 g/mol. The Hall–Kier alpha value is -2.40. The quantitative estimate of drug-likeness (QED) is 0.686. The molecule has 0 heterocycles. The molecule has 0 radical (unpaired) electrons. The molecule has 0 bridgehead atoms. The van der Waals surface area contributed by atoms with Crippen LogP contribution in [-0.2, 0) is 14.4 Å². The van der Waals surface area contributed by atoms with Gasteiger partial charge in [-0.2, -0.15) is 0 Å². The van der Waals surface area contributed by atoms with Gasteiger partial charge in [0.2, 0.25) is 5.91 Å². The summed E-state index contributed by atoms with van der Waals surface area (Å²) in [6.45, 7) is 0. The van der Waals surface area contributed by atoms with Crippen LogP contribution in [0.3, 0.4) is 0 Å². The highest BCUT2D eigenvalue weighted by molar-refractivity contribution is 7.98. The van der Waals surface area contributed by atoms with Gasteiger partial charge in [-0.3, -0.25) is 19.1 Å². The fraction of sp³-hybridized carbons (Fsp3) is 0.211. The topological polar surface area (TPSA) is 63.2 Å². The minimum Gasteiger partial charge on any atom is -0.298 e. The second kappa shape index (κ2) is 7.45. The van der Waals surface area contributed by atoms with Gasteiger partial charge in [-0.25, -0.2) is 0 Å². The molecular weight excluding hydrogens is 322 g/mol. The van der Waals surface area contributed by atoms with E-state index < -0.39 is 11.8 Å².